The van der Waals surface area contributed by atoms with E-state index < -0.39 is 0 Å². The molecule has 0 bridgehead atoms. The van der Waals surface area contributed by atoms with E-state index in [1.165, 1.54) is 0 Å². The standard InChI is InChI=1S/C22H26O3/c1-15-16(2)22(25)20(17(3)21(15)24)19(13-9-4-5-10-14-23)18-11-7-6-8-12-18/h5-8,10-12,19,23H,4,9,13-14H2,1-3H3/b10-5-. The fourth-order valence-electron chi connectivity index (χ4n) is 3.33. The van der Waals surface area contributed by atoms with E-state index in [4.69, 9.17) is 5.11 Å². The molecular weight excluding hydrogens is 312 g/mol. The van der Waals surface area contributed by atoms with Crippen molar-refractivity contribution in [3.05, 3.63) is 70.3 Å². The minimum absolute atomic E-state index is 0.00523. The van der Waals surface area contributed by atoms with Gasteiger partial charge in [0.2, 0.25) is 0 Å². The van der Waals surface area contributed by atoms with Gasteiger partial charge in [-0.25, -0.2) is 0 Å². The molecule has 1 aromatic carbocycles. The van der Waals surface area contributed by atoms with E-state index in [0.29, 0.717) is 22.3 Å². The molecule has 132 valence electrons. The normalized spacial score (nSPS) is 17.0. The minimum atomic E-state index is -0.0803. The molecule has 0 radical (unpaired) electrons. The van der Waals surface area contributed by atoms with Crippen LogP contribution in [0, 0.1) is 0 Å². The molecule has 3 nitrogen and oxygen atoms in total. The number of carbonyl (C=O) groups is 2. The molecule has 0 saturated carbocycles. The fourth-order valence-corrected chi connectivity index (χ4v) is 3.33. The molecule has 25 heavy (non-hydrogen) atoms. The van der Waals surface area contributed by atoms with E-state index in [0.717, 1.165) is 24.8 Å². The van der Waals surface area contributed by atoms with Crippen LogP contribution in [-0.4, -0.2) is 23.3 Å². The number of hydrogen-bond acceptors (Lipinski definition) is 3. The lowest BCUT2D eigenvalue weighted by Gasteiger charge is -2.26. The lowest BCUT2D eigenvalue weighted by molar-refractivity contribution is -0.116. The molecule has 0 amide bonds. The summed E-state index contributed by atoms with van der Waals surface area (Å²) < 4.78 is 0. The quantitative estimate of drug-likeness (QED) is 0.458. The molecule has 1 unspecified atom stereocenters. The molecule has 2 rings (SSSR count). The van der Waals surface area contributed by atoms with Crippen LogP contribution in [0.15, 0.2) is 64.8 Å². The third kappa shape index (κ3) is 4.23. The summed E-state index contributed by atoms with van der Waals surface area (Å²) in [5.74, 6) is -0.106. The smallest absolute Gasteiger partial charge is 0.186 e. The Morgan fingerprint density at radius 1 is 0.920 bits per heavy atom. The molecule has 1 N–H and O–H groups in total. The highest BCUT2D eigenvalue weighted by molar-refractivity contribution is 6.25. The Kier molecular flexibility index (Phi) is 6.65. The second-order valence-electron chi connectivity index (χ2n) is 6.50. The zero-order valence-electron chi connectivity index (χ0n) is 15.2. The van der Waals surface area contributed by atoms with Crippen LogP contribution in [0.4, 0.5) is 0 Å². The van der Waals surface area contributed by atoms with E-state index in [2.05, 4.69) is 0 Å². The molecule has 1 aromatic rings. The first-order valence-electron chi connectivity index (χ1n) is 8.77. The fraction of sp³-hybridized carbons (Fsp3) is 0.364. The number of aliphatic hydroxyl groups is 1. The molecule has 0 heterocycles. The van der Waals surface area contributed by atoms with Crippen LogP contribution in [0.5, 0.6) is 0 Å². The van der Waals surface area contributed by atoms with Gasteiger partial charge in [-0.15, -0.1) is 0 Å². The average Bonchev–Trinajstić information content (AvgIpc) is 2.64. The Hall–Kier alpha value is -2.26. The molecule has 1 aliphatic rings. The van der Waals surface area contributed by atoms with E-state index >= 15 is 0 Å². The first kappa shape index (κ1) is 19.1. The van der Waals surface area contributed by atoms with Gasteiger partial charge in [0.05, 0.1) is 6.61 Å². The van der Waals surface area contributed by atoms with Crippen LogP contribution in [0.3, 0.4) is 0 Å². The number of ketones is 2. The summed E-state index contributed by atoms with van der Waals surface area (Å²) in [6.07, 6.45) is 6.19. The van der Waals surface area contributed by atoms with Gasteiger partial charge in [0.25, 0.3) is 0 Å². The summed E-state index contributed by atoms with van der Waals surface area (Å²) in [4.78, 5) is 25.5. The molecule has 0 fully saturated rings. The minimum Gasteiger partial charge on any atom is -0.392 e. The third-order valence-corrected chi connectivity index (χ3v) is 4.92. The number of hydrogen-bond donors (Lipinski definition) is 1. The molecule has 0 spiro atoms. The lowest BCUT2D eigenvalue weighted by Crippen LogP contribution is -2.24. The SMILES string of the molecule is CC1=C(C)C(=O)C(C(CCC/C=C\CO)c2ccccc2)=C(C)C1=O. The Balaban J connectivity index is 2.36. The van der Waals surface area contributed by atoms with E-state index in [9.17, 15) is 9.59 Å². The van der Waals surface area contributed by atoms with Crippen molar-refractivity contribution in [3.63, 3.8) is 0 Å². The Morgan fingerprint density at radius 3 is 2.20 bits per heavy atom. The number of unbranched alkanes of at least 4 members (excludes halogenated alkanes) is 1. The number of allylic oxidation sites excluding steroid dienone is 5. The van der Waals surface area contributed by atoms with Gasteiger partial charge in [-0.1, -0.05) is 42.5 Å². The Labute approximate surface area is 149 Å². The molecule has 0 aliphatic heterocycles. The summed E-state index contributed by atoms with van der Waals surface area (Å²) >= 11 is 0. The van der Waals surface area contributed by atoms with Gasteiger partial charge in [0.15, 0.2) is 11.6 Å². The van der Waals surface area contributed by atoms with Gasteiger partial charge < -0.3 is 5.11 Å². The topological polar surface area (TPSA) is 54.4 Å². The zero-order valence-corrected chi connectivity index (χ0v) is 15.2. The third-order valence-electron chi connectivity index (χ3n) is 4.92. The lowest BCUT2D eigenvalue weighted by atomic mass is 9.76. The van der Waals surface area contributed by atoms with Crippen LogP contribution in [-0.2, 0) is 9.59 Å². The largest absolute Gasteiger partial charge is 0.392 e. The number of Topliss-reactive ketones (excluding diaryl/α,β-unsaturated/α-hetero) is 2. The maximum Gasteiger partial charge on any atom is 0.186 e. The van der Waals surface area contributed by atoms with Crippen LogP contribution in [0.2, 0.25) is 0 Å². The average molecular weight is 338 g/mol. The van der Waals surface area contributed by atoms with Gasteiger partial charge in [0, 0.05) is 28.2 Å². The number of rotatable bonds is 7. The Bertz CT molecular complexity index is 736. The highest BCUT2D eigenvalue weighted by Gasteiger charge is 2.32. The first-order chi connectivity index (χ1) is 12.0. The maximum atomic E-state index is 12.9. The number of aliphatic hydroxyl groups excluding tert-OH is 1. The molecule has 0 saturated heterocycles. The van der Waals surface area contributed by atoms with Gasteiger partial charge in [0.1, 0.15) is 0 Å². The van der Waals surface area contributed by atoms with Crippen molar-refractivity contribution in [2.45, 2.75) is 46.0 Å². The predicted octanol–water partition coefficient (Wildman–Crippen LogP) is 4.29. The summed E-state index contributed by atoms with van der Waals surface area (Å²) in [5.41, 5.74) is 3.41. The second-order valence-corrected chi connectivity index (χ2v) is 6.50. The van der Waals surface area contributed by atoms with Crippen LogP contribution in [0.25, 0.3) is 0 Å². The zero-order chi connectivity index (χ0) is 18.4. The highest BCUT2D eigenvalue weighted by Crippen LogP contribution is 2.37. The van der Waals surface area contributed by atoms with Gasteiger partial charge in [-0.2, -0.15) is 0 Å². The van der Waals surface area contributed by atoms with Gasteiger partial charge in [-0.05, 0) is 45.6 Å². The van der Waals surface area contributed by atoms with E-state index in [1.807, 2.05) is 36.4 Å². The second kappa shape index (κ2) is 8.72. The van der Waals surface area contributed by atoms with Crippen molar-refractivity contribution in [2.24, 2.45) is 0 Å². The van der Waals surface area contributed by atoms with Gasteiger partial charge in [-0.3, -0.25) is 9.59 Å². The number of benzene rings is 1. The summed E-state index contributed by atoms with van der Waals surface area (Å²) in [6.45, 7) is 5.29. The monoisotopic (exact) mass is 338 g/mol. The molecule has 1 aliphatic carbocycles. The molecule has 3 heteroatoms. The predicted molar refractivity (Wildman–Crippen MR) is 100 cm³/mol. The van der Waals surface area contributed by atoms with Crippen molar-refractivity contribution < 1.29 is 14.7 Å². The van der Waals surface area contributed by atoms with Crippen LogP contribution >= 0.6 is 0 Å². The van der Waals surface area contributed by atoms with Crippen molar-refractivity contribution >= 4 is 11.6 Å². The number of carbonyl (C=O) groups excluding carboxylic acids is 2. The van der Waals surface area contributed by atoms with Crippen molar-refractivity contribution in [1.82, 2.24) is 0 Å². The van der Waals surface area contributed by atoms with Crippen LogP contribution in [0.1, 0.15) is 51.5 Å². The van der Waals surface area contributed by atoms with E-state index in [-0.39, 0.29) is 24.1 Å². The van der Waals surface area contributed by atoms with Gasteiger partial charge >= 0.3 is 0 Å². The maximum absolute atomic E-state index is 12.9. The van der Waals surface area contributed by atoms with Crippen molar-refractivity contribution in [3.8, 4) is 0 Å². The molecule has 0 aromatic heterocycles. The summed E-state index contributed by atoms with van der Waals surface area (Å²) in [7, 11) is 0. The Morgan fingerprint density at radius 2 is 1.56 bits per heavy atom. The van der Waals surface area contributed by atoms with Crippen molar-refractivity contribution in [2.75, 3.05) is 6.61 Å². The summed E-state index contributed by atoms with van der Waals surface area (Å²) in [6, 6.07) is 9.93. The van der Waals surface area contributed by atoms with Crippen LogP contribution < -0.4 is 0 Å². The highest BCUT2D eigenvalue weighted by atomic mass is 16.2. The molecular formula is C22H26O3. The van der Waals surface area contributed by atoms with E-state index in [1.54, 1.807) is 26.8 Å². The first-order valence-corrected chi connectivity index (χ1v) is 8.77. The molecule has 1 atom stereocenters. The van der Waals surface area contributed by atoms with Crippen molar-refractivity contribution in [1.29, 1.82) is 0 Å². The summed E-state index contributed by atoms with van der Waals surface area (Å²) in [5, 5.41) is 8.83.